The van der Waals surface area contributed by atoms with Gasteiger partial charge in [0.25, 0.3) is 5.91 Å². The summed E-state index contributed by atoms with van der Waals surface area (Å²) in [6, 6.07) is 8.11. The van der Waals surface area contributed by atoms with E-state index in [1.54, 1.807) is 12.4 Å². The van der Waals surface area contributed by atoms with Crippen LogP contribution in [-0.4, -0.2) is 43.4 Å². The van der Waals surface area contributed by atoms with Gasteiger partial charge < -0.3 is 9.47 Å². The van der Waals surface area contributed by atoms with Crippen molar-refractivity contribution in [2.45, 2.75) is 12.3 Å². The molecule has 0 saturated carbocycles. The van der Waals surface area contributed by atoms with Crippen molar-refractivity contribution in [2.24, 2.45) is 7.05 Å². The molecule has 116 valence electrons. The maximum absolute atomic E-state index is 12.5. The van der Waals surface area contributed by atoms with Crippen LogP contribution in [0.25, 0.3) is 11.0 Å². The Labute approximate surface area is 133 Å². The second-order valence-corrected chi connectivity index (χ2v) is 5.85. The Morgan fingerprint density at radius 1 is 1.26 bits per heavy atom. The zero-order chi connectivity index (χ0) is 15.8. The van der Waals surface area contributed by atoms with E-state index in [9.17, 15) is 4.79 Å². The first kappa shape index (κ1) is 13.9. The minimum Gasteiger partial charge on any atom is -0.337 e. The van der Waals surface area contributed by atoms with Crippen molar-refractivity contribution < 1.29 is 4.79 Å². The van der Waals surface area contributed by atoms with Crippen LogP contribution >= 0.6 is 0 Å². The van der Waals surface area contributed by atoms with Gasteiger partial charge in [0.2, 0.25) is 0 Å². The lowest BCUT2D eigenvalue weighted by atomic mass is 10.1. The van der Waals surface area contributed by atoms with Gasteiger partial charge in [0.05, 0.1) is 17.2 Å². The number of carbonyl (C=O) groups excluding carboxylic acids is 1. The summed E-state index contributed by atoms with van der Waals surface area (Å²) < 4.78 is 2.14. The van der Waals surface area contributed by atoms with Crippen LogP contribution in [0.15, 0.2) is 42.9 Å². The minimum absolute atomic E-state index is 0.0561. The fraction of sp³-hybridized carbons (Fsp3) is 0.294. The van der Waals surface area contributed by atoms with Crippen LogP contribution in [0.2, 0.25) is 0 Å². The molecule has 1 aliphatic rings. The van der Waals surface area contributed by atoms with E-state index in [-0.39, 0.29) is 11.8 Å². The highest BCUT2D eigenvalue weighted by Crippen LogP contribution is 2.29. The molecule has 1 atom stereocenters. The molecule has 0 unspecified atom stereocenters. The molecule has 3 aromatic rings. The van der Waals surface area contributed by atoms with E-state index < -0.39 is 0 Å². The summed E-state index contributed by atoms with van der Waals surface area (Å²) in [5, 5.41) is 0. The van der Waals surface area contributed by atoms with Crippen molar-refractivity contribution in [2.75, 3.05) is 13.1 Å². The molecular weight excluding hydrogens is 290 g/mol. The molecule has 6 heteroatoms. The van der Waals surface area contributed by atoms with Crippen LogP contribution in [0.5, 0.6) is 0 Å². The fourth-order valence-corrected chi connectivity index (χ4v) is 3.26. The highest BCUT2D eigenvalue weighted by atomic mass is 16.2. The molecule has 1 aromatic carbocycles. The lowest BCUT2D eigenvalue weighted by Gasteiger charge is -2.15. The first-order valence-corrected chi connectivity index (χ1v) is 7.70. The number of fused-ring (bicyclic) bond motifs is 1. The van der Waals surface area contributed by atoms with Crippen LogP contribution in [0.3, 0.4) is 0 Å². The number of imidazole rings is 1. The second kappa shape index (κ2) is 5.46. The average molecular weight is 307 g/mol. The second-order valence-electron chi connectivity index (χ2n) is 5.85. The van der Waals surface area contributed by atoms with E-state index in [1.807, 2.05) is 30.1 Å². The molecule has 0 N–H and O–H groups in total. The summed E-state index contributed by atoms with van der Waals surface area (Å²) in [6.07, 6.45) is 5.56. The SMILES string of the molecule is Cn1c([C@H]2CCN(C(=O)c3cnccn3)C2)nc2ccccc21. The fourth-order valence-electron chi connectivity index (χ4n) is 3.26. The number of aryl methyl sites for hydroxylation is 1. The number of likely N-dealkylation sites (tertiary alicyclic amines) is 1. The molecule has 1 saturated heterocycles. The number of hydrogen-bond donors (Lipinski definition) is 0. The summed E-state index contributed by atoms with van der Waals surface area (Å²) in [5.74, 6) is 1.24. The number of para-hydroxylation sites is 2. The van der Waals surface area contributed by atoms with Gasteiger partial charge in [-0.25, -0.2) is 9.97 Å². The Kier molecular flexibility index (Phi) is 3.29. The Morgan fingerprint density at radius 3 is 2.91 bits per heavy atom. The van der Waals surface area contributed by atoms with Gasteiger partial charge in [-0.1, -0.05) is 12.1 Å². The van der Waals surface area contributed by atoms with E-state index in [2.05, 4.69) is 20.6 Å². The normalized spacial score (nSPS) is 17.8. The largest absolute Gasteiger partial charge is 0.337 e. The smallest absolute Gasteiger partial charge is 0.274 e. The first-order valence-electron chi connectivity index (χ1n) is 7.70. The van der Waals surface area contributed by atoms with Gasteiger partial charge in [0, 0.05) is 38.4 Å². The van der Waals surface area contributed by atoms with Crippen molar-refractivity contribution in [3.05, 3.63) is 54.4 Å². The Balaban J connectivity index is 1.58. The van der Waals surface area contributed by atoms with Gasteiger partial charge in [0.1, 0.15) is 11.5 Å². The Morgan fingerprint density at radius 2 is 2.13 bits per heavy atom. The van der Waals surface area contributed by atoms with E-state index in [0.29, 0.717) is 12.2 Å². The van der Waals surface area contributed by atoms with Crippen LogP contribution in [0.4, 0.5) is 0 Å². The molecule has 0 spiro atoms. The van der Waals surface area contributed by atoms with Crippen LogP contribution in [-0.2, 0) is 7.05 Å². The first-order chi connectivity index (χ1) is 11.2. The minimum atomic E-state index is -0.0561. The van der Waals surface area contributed by atoms with E-state index in [0.717, 1.165) is 29.8 Å². The van der Waals surface area contributed by atoms with Gasteiger partial charge in [-0.3, -0.25) is 9.78 Å². The van der Waals surface area contributed by atoms with E-state index in [1.165, 1.54) is 6.20 Å². The number of benzene rings is 1. The van der Waals surface area contributed by atoms with Crippen LogP contribution in [0.1, 0.15) is 28.7 Å². The predicted octanol–water partition coefficient (Wildman–Crippen LogP) is 1.99. The third kappa shape index (κ3) is 2.36. The van der Waals surface area contributed by atoms with E-state index >= 15 is 0 Å². The maximum Gasteiger partial charge on any atom is 0.274 e. The molecule has 4 rings (SSSR count). The molecule has 0 radical (unpaired) electrons. The molecule has 1 amide bonds. The lowest BCUT2D eigenvalue weighted by molar-refractivity contribution is 0.0784. The Hall–Kier alpha value is -2.76. The molecule has 1 aliphatic heterocycles. The molecule has 1 fully saturated rings. The quantitative estimate of drug-likeness (QED) is 0.726. The van der Waals surface area contributed by atoms with Crippen molar-refractivity contribution in [1.82, 2.24) is 24.4 Å². The van der Waals surface area contributed by atoms with Gasteiger partial charge in [-0.2, -0.15) is 0 Å². The van der Waals surface area contributed by atoms with Gasteiger partial charge in [-0.05, 0) is 18.6 Å². The highest BCUT2D eigenvalue weighted by Gasteiger charge is 2.31. The third-order valence-electron chi connectivity index (χ3n) is 4.44. The third-order valence-corrected chi connectivity index (χ3v) is 4.44. The summed E-state index contributed by atoms with van der Waals surface area (Å²) >= 11 is 0. The Bertz CT molecular complexity index is 858. The average Bonchev–Trinajstić information content (AvgIpc) is 3.20. The standard InChI is InChI=1S/C17H17N5O/c1-21-15-5-3-2-4-13(15)20-16(21)12-6-9-22(11-12)17(23)14-10-18-7-8-19-14/h2-5,7-8,10,12H,6,9,11H2,1H3/t12-/m0/s1. The molecule has 0 aliphatic carbocycles. The van der Waals surface area contributed by atoms with Gasteiger partial charge in [0.15, 0.2) is 0 Å². The monoisotopic (exact) mass is 307 g/mol. The van der Waals surface area contributed by atoms with Crippen molar-refractivity contribution >= 4 is 16.9 Å². The lowest BCUT2D eigenvalue weighted by Crippen LogP contribution is -2.29. The number of aromatic nitrogens is 4. The van der Waals surface area contributed by atoms with Crippen molar-refractivity contribution in [1.29, 1.82) is 0 Å². The number of hydrogen-bond acceptors (Lipinski definition) is 4. The zero-order valence-electron chi connectivity index (χ0n) is 12.9. The highest BCUT2D eigenvalue weighted by molar-refractivity contribution is 5.92. The molecule has 2 aromatic heterocycles. The summed E-state index contributed by atoms with van der Waals surface area (Å²) in [4.78, 5) is 27.1. The summed E-state index contributed by atoms with van der Waals surface area (Å²) in [5.41, 5.74) is 2.53. The van der Waals surface area contributed by atoms with Crippen LogP contribution in [0, 0.1) is 0 Å². The topological polar surface area (TPSA) is 63.9 Å². The zero-order valence-corrected chi connectivity index (χ0v) is 12.9. The molecule has 23 heavy (non-hydrogen) atoms. The molecular formula is C17H17N5O. The number of rotatable bonds is 2. The summed E-state index contributed by atoms with van der Waals surface area (Å²) in [6.45, 7) is 1.40. The van der Waals surface area contributed by atoms with Crippen LogP contribution < -0.4 is 0 Å². The van der Waals surface area contributed by atoms with Gasteiger partial charge >= 0.3 is 0 Å². The van der Waals surface area contributed by atoms with Gasteiger partial charge in [-0.15, -0.1) is 0 Å². The number of nitrogens with zero attached hydrogens (tertiary/aromatic N) is 5. The molecule has 6 nitrogen and oxygen atoms in total. The number of carbonyl (C=O) groups is 1. The number of amides is 1. The van der Waals surface area contributed by atoms with Crippen molar-refractivity contribution in [3.63, 3.8) is 0 Å². The van der Waals surface area contributed by atoms with E-state index in [4.69, 9.17) is 4.98 Å². The van der Waals surface area contributed by atoms with Crippen molar-refractivity contribution in [3.8, 4) is 0 Å². The maximum atomic E-state index is 12.5. The molecule has 0 bridgehead atoms. The predicted molar refractivity (Wildman–Crippen MR) is 86.0 cm³/mol. The molecule has 3 heterocycles. The summed E-state index contributed by atoms with van der Waals surface area (Å²) in [7, 11) is 2.04.